The molecule has 2 saturated heterocycles. The van der Waals surface area contributed by atoms with Gasteiger partial charge >= 0.3 is 5.97 Å². The highest BCUT2D eigenvalue weighted by Gasteiger charge is 2.47. The number of ether oxygens (including phenoxy) is 1. The van der Waals surface area contributed by atoms with Crippen molar-refractivity contribution in [1.82, 2.24) is 19.6 Å². The lowest BCUT2D eigenvalue weighted by Crippen LogP contribution is -2.45. The second-order valence-electron chi connectivity index (χ2n) is 12.3. The summed E-state index contributed by atoms with van der Waals surface area (Å²) in [6.45, 7) is 7.48. The SMILES string of the molecule is CCCCN(CCCCN(C)C)C(=O)CN1C[C@H](c2ccc3c(c2)CCO3)C(C(=O)O)[C@@H]1CCCN1CCCC1=O. The zero-order valence-electron chi connectivity index (χ0n) is 25.4. The summed E-state index contributed by atoms with van der Waals surface area (Å²) in [4.78, 5) is 46.9. The van der Waals surface area contributed by atoms with Crippen molar-refractivity contribution in [2.45, 2.75) is 76.7 Å². The van der Waals surface area contributed by atoms with Crippen LogP contribution in [0.3, 0.4) is 0 Å². The van der Waals surface area contributed by atoms with Crippen molar-refractivity contribution in [3.8, 4) is 5.75 Å². The van der Waals surface area contributed by atoms with Crippen LogP contribution in [-0.2, 0) is 20.8 Å². The minimum atomic E-state index is -0.810. The van der Waals surface area contributed by atoms with Gasteiger partial charge in [-0.25, -0.2) is 0 Å². The number of aliphatic carboxylic acids is 1. The standard InChI is InChI=1S/C32H50N4O5/c1-4-5-16-35(17-7-6-15-33(2)3)30(38)23-36-22-26(24-12-13-28-25(21-24)14-20-41-28)31(32(39)40)27(36)10-8-18-34-19-9-11-29(34)37/h12-13,21,26-27,31H,4-11,14-20,22-23H2,1-3H3,(H,39,40)/t26-,27+,31?/m1/s1. The zero-order valence-corrected chi connectivity index (χ0v) is 25.4. The lowest BCUT2D eigenvalue weighted by molar-refractivity contribution is -0.144. The van der Waals surface area contributed by atoms with Gasteiger partial charge in [0.15, 0.2) is 0 Å². The van der Waals surface area contributed by atoms with Crippen LogP contribution in [0, 0.1) is 5.92 Å². The van der Waals surface area contributed by atoms with E-state index in [9.17, 15) is 19.5 Å². The van der Waals surface area contributed by atoms with E-state index in [-0.39, 0.29) is 30.3 Å². The van der Waals surface area contributed by atoms with Crippen molar-refractivity contribution in [3.63, 3.8) is 0 Å². The normalized spacial score (nSPS) is 22.4. The molecule has 41 heavy (non-hydrogen) atoms. The predicted molar refractivity (Wildman–Crippen MR) is 159 cm³/mol. The first kappa shape index (κ1) is 31.3. The lowest BCUT2D eigenvalue weighted by Gasteiger charge is -2.30. The van der Waals surface area contributed by atoms with Crippen LogP contribution < -0.4 is 4.74 Å². The van der Waals surface area contributed by atoms with Crippen LogP contribution in [0.15, 0.2) is 18.2 Å². The summed E-state index contributed by atoms with van der Waals surface area (Å²) in [6.07, 6.45) is 7.70. The lowest BCUT2D eigenvalue weighted by atomic mass is 9.83. The Kier molecular flexibility index (Phi) is 11.5. The Morgan fingerprint density at radius 3 is 2.56 bits per heavy atom. The summed E-state index contributed by atoms with van der Waals surface area (Å²) >= 11 is 0. The van der Waals surface area contributed by atoms with Gasteiger partial charge in [0.05, 0.1) is 19.1 Å². The molecule has 1 aromatic carbocycles. The fourth-order valence-corrected chi connectivity index (χ4v) is 6.77. The molecule has 0 bridgehead atoms. The minimum absolute atomic E-state index is 0.0927. The van der Waals surface area contributed by atoms with Crippen LogP contribution in [0.25, 0.3) is 0 Å². The van der Waals surface area contributed by atoms with Gasteiger partial charge in [0.2, 0.25) is 11.8 Å². The molecule has 0 aliphatic carbocycles. The van der Waals surface area contributed by atoms with Gasteiger partial charge in [-0.05, 0) is 76.4 Å². The third kappa shape index (κ3) is 8.22. The third-order valence-electron chi connectivity index (χ3n) is 9.03. The first-order chi connectivity index (χ1) is 19.8. The molecule has 0 spiro atoms. The van der Waals surface area contributed by atoms with Gasteiger partial charge < -0.3 is 24.5 Å². The number of carbonyl (C=O) groups is 3. The van der Waals surface area contributed by atoms with Crippen molar-refractivity contribution in [1.29, 1.82) is 0 Å². The van der Waals surface area contributed by atoms with Crippen LogP contribution in [-0.4, -0.2) is 115 Å². The van der Waals surface area contributed by atoms with E-state index in [4.69, 9.17) is 4.74 Å². The van der Waals surface area contributed by atoms with E-state index < -0.39 is 11.9 Å². The number of hydrogen-bond donors (Lipinski definition) is 1. The largest absolute Gasteiger partial charge is 0.493 e. The molecule has 3 atom stereocenters. The van der Waals surface area contributed by atoms with E-state index >= 15 is 0 Å². The van der Waals surface area contributed by atoms with Gasteiger partial charge in [-0.2, -0.15) is 0 Å². The Balaban J connectivity index is 1.51. The van der Waals surface area contributed by atoms with Gasteiger partial charge in [-0.1, -0.05) is 25.5 Å². The zero-order chi connectivity index (χ0) is 29.4. The molecule has 228 valence electrons. The van der Waals surface area contributed by atoms with Crippen LogP contribution in [0.5, 0.6) is 5.75 Å². The highest BCUT2D eigenvalue weighted by Crippen LogP contribution is 2.41. The summed E-state index contributed by atoms with van der Waals surface area (Å²) in [7, 11) is 4.13. The van der Waals surface area contributed by atoms with Crippen molar-refractivity contribution >= 4 is 17.8 Å². The average molecular weight is 571 g/mol. The smallest absolute Gasteiger partial charge is 0.308 e. The molecule has 9 heteroatoms. The Bertz CT molecular complexity index is 1050. The van der Waals surface area contributed by atoms with E-state index in [1.807, 2.05) is 21.9 Å². The quantitative estimate of drug-likeness (QED) is 0.304. The molecule has 4 rings (SSSR count). The van der Waals surface area contributed by atoms with Gasteiger partial charge in [-0.3, -0.25) is 19.3 Å². The van der Waals surface area contributed by atoms with E-state index in [1.54, 1.807) is 0 Å². The van der Waals surface area contributed by atoms with Crippen LogP contribution in [0.1, 0.15) is 75.3 Å². The fourth-order valence-electron chi connectivity index (χ4n) is 6.77. The molecule has 1 unspecified atom stereocenters. The van der Waals surface area contributed by atoms with Crippen molar-refractivity contribution < 1.29 is 24.2 Å². The highest BCUT2D eigenvalue weighted by atomic mass is 16.5. The number of benzene rings is 1. The minimum Gasteiger partial charge on any atom is -0.493 e. The molecule has 1 aromatic rings. The summed E-state index contributed by atoms with van der Waals surface area (Å²) < 4.78 is 5.70. The molecule has 3 aliphatic heterocycles. The molecule has 2 fully saturated rings. The molecule has 0 aromatic heterocycles. The summed E-state index contributed by atoms with van der Waals surface area (Å²) in [5.74, 6) is -0.447. The topological polar surface area (TPSA) is 93.6 Å². The monoisotopic (exact) mass is 570 g/mol. The maximum absolute atomic E-state index is 13.7. The number of carbonyl (C=O) groups excluding carboxylic acids is 2. The van der Waals surface area contributed by atoms with Gasteiger partial charge in [0.25, 0.3) is 0 Å². The molecule has 0 radical (unpaired) electrons. The number of carboxylic acids is 1. The molecule has 0 saturated carbocycles. The molecular formula is C32H50N4O5. The number of nitrogens with zero attached hydrogens (tertiary/aromatic N) is 4. The highest BCUT2D eigenvalue weighted by molar-refractivity contribution is 5.79. The van der Waals surface area contributed by atoms with Crippen molar-refractivity contribution in [3.05, 3.63) is 29.3 Å². The number of likely N-dealkylation sites (tertiary alicyclic amines) is 2. The Morgan fingerprint density at radius 2 is 1.85 bits per heavy atom. The van der Waals surface area contributed by atoms with Crippen LogP contribution >= 0.6 is 0 Å². The summed E-state index contributed by atoms with van der Waals surface area (Å²) in [5.41, 5.74) is 2.15. The number of amides is 2. The first-order valence-electron chi connectivity index (χ1n) is 15.7. The number of carboxylic acid groups (broad SMARTS) is 1. The number of fused-ring (bicyclic) bond motifs is 1. The number of rotatable bonds is 16. The van der Waals surface area contributed by atoms with Gasteiger partial charge in [0.1, 0.15) is 5.75 Å². The molecular weight excluding hydrogens is 520 g/mol. The van der Waals surface area contributed by atoms with E-state index in [0.717, 1.165) is 88.0 Å². The predicted octanol–water partition coefficient (Wildman–Crippen LogP) is 3.46. The second kappa shape index (κ2) is 15.0. The number of hydrogen-bond acceptors (Lipinski definition) is 6. The number of unbranched alkanes of at least 4 members (excludes halogenated alkanes) is 2. The molecule has 1 N–H and O–H groups in total. The summed E-state index contributed by atoms with van der Waals surface area (Å²) in [5, 5.41) is 10.5. The molecule has 3 heterocycles. The molecule has 9 nitrogen and oxygen atoms in total. The Labute approximate surface area is 245 Å². The maximum Gasteiger partial charge on any atom is 0.308 e. The van der Waals surface area contributed by atoms with Gasteiger partial charge in [0, 0.05) is 57.5 Å². The second-order valence-corrected chi connectivity index (χ2v) is 12.3. The molecule has 2 amide bonds. The average Bonchev–Trinajstić information content (AvgIpc) is 3.66. The van der Waals surface area contributed by atoms with Gasteiger partial charge in [-0.15, -0.1) is 0 Å². The summed E-state index contributed by atoms with van der Waals surface area (Å²) in [6, 6.07) is 5.84. The van der Waals surface area contributed by atoms with Crippen LogP contribution in [0.2, 0.25) is 0 Å². The van der Waals surface area contributed by atoms with Crippen LogP contribution in [0.4, 0.5) is 0 Å². The third-order valence-corrected chi connectivity index (χ3v) is 9.03. The van der Waals surface area contributed by atoms with Crippen molar-refractivity contribution in [2.75, 3.05) is 66.5 Å². The van der Waals surface area contributed by atoms with Crippen molar-refractivity contribution in [2.24, 2.45) is 5.92 Å². The van der Waals surface area contributed by atoms with E-state index in [2.05, 4.69) is 36.9 Å². The maximum atomic E-state index is 13.7. The van der Waals surface area contributed by atoms with E-state index in [0.29, 0.717) is 32.5 Å². The first-order valence-corrected chi connectivity index (χ1v) is 15.7. The van der Waals surface area contributed by atoms with E-state index in [1.165, 1.54) is 0 Å². The Morgan fingerprint density at radius 1 is 1.07 bits per heavy atom. The molecule has 3 aliphatic rings. The Hall–Kier alpha value is -2.65. The fraction of sp³-hybridized carbons (Fsp3) is 0.719.